The summed E-state index contributed by atoms with van der Waals surface area (Å²) >= 11 is 0. The Balaban J connectivity index is 1.50. The topological polar surface area (TPSA) is 75.2 Å². The molecule has 2 N–H and O–H groups in total. The molecule has 1 amide bonds. The van der Waals surface area contributed by atoms with Gasteiger partial charge < -0.3 is 25.0 Å². The van der Waals surface area contributed by atoms with Crippen molar-refractivity contribution in [1.29, 1.82) is 0 Å². The largest absolute Gasteiger partial charge is 0.493 e. The predicted molar refractivity (Wildman–Crippen MR) is 119 cm³/mol. The number of nitrogens with zero attached hydrogens (tertiary/aromatic N) is 2. The van der Waals surface area contributed by atoms with Crippen molar-refractivity contribution in [3.63, 3.8) is 0 Å². The molecule has 1 aromatic carbocycles. The van der Waals surface area contributed by atoms with E-state index in [9.17, 15) is 4.79 Å². The van der Waals surface area contributed by atoms with Crippen LogP contribution in [0.5, 0.6) is 11.5 Å². The number of hydrogen-bond acceptors (Lipinski definition) is 4. The van der Waals surface area contributed by atoms with Gasteiger partial charge in [0, 0.05) is 32.6 Å². The Morgan fingerprint density at radius 1 is 1.20 bits per heavy atom. The van der Waals surface area contributed by atoms with Crippen LogP contribution in [0.25, 0.3) is 0 Å². The Bertz CT molecular complexity index is 716. The number of methoxy groups -OCH3 is 1. The van der Waals surface area contributed by atoms with Crippen molar-refractivity contribution in [2.24, 2.45) is 4.99 Å². The molecule has 1 heterocycles. The first kappa shape index (κ1) is 22.2. The summed E-state index contributed by atoms with van der Waals surface area (Å²) in [7, 11) is 1.68. The van der Waals surface area contributed by atoms with Crippen LogP contribution in [-0.2, 0) is 11.3 Å². The minimum atomic E-state index is 0.282. The van der Waals surface area contributed by atoms with Crippen LogP contribution < -0.4 is 20.1 Å². The Morgan fingerprint density at radius 2 is 2.03 bits per heavy atom. The number of nitrogens with one attached hydrogen (secondary N) is 2. The van der Waals surface area contributed by atoms with Gasteiger partial charge in [0.25, 0.3) is 0 Å². The molecule has 1 saturated heterocycles. The number of carbonyl (C=O) groups excluding carboxylic acids is 1. The van der Waals surface area contributed by atoms with E-state index < -0.39 is 0 Å². The highest BCUT2D eigenvalue weighted by Gasteiger charge is 2.19. The van der Waals surface area contributed by atoms with Crippen LogP contribution in [-0.4, -0.2) is 56.2 Å². The lowest BCUT2D eigenvalue weighted by Gasteiger charge is -2.17. The van der Waals surface area contributed by atoms with Crippen LogP contribution in [0.1, 0.15) is 57.4 Å². The fourth-order valence-corrected chi connectivity index (χ4v) is 4.02. The van der Waals surface area contributed by atoms with E-state index in [-0.39, 0.29) is 5.91 Å². The van der Waals surface area contributed by atoms with Crippen LogP contribution in [0.4, 0.5) is 0 Å². The predicted octanol–water partition coefficient (Wildman–Crippen LogP) is 3.08. The maximum Gasteiger partial charge on any atom is 0.222 e. The SMILES string of the molecule is CCNC(=NCc1ccc(OC2CCCC2)c(OC)c1)NCCCN1CCCC1=O. The number of likely N-dealkylation sites (tertiary alicyclic amines) is 1. The van der Waals surface area contributed by atoms with Crippen molar-refractivity contribution in [3.8, 4) is 11.5 Å². The molecule has 1 aliphatic heterocycles. The number of hydrogen-bond donors (Lipinski definition) is 2. The second-order valence-corrected chi connectivity index (χ2v) is 7.97. The number of amides is 1. The Morgan fingerprint density at radius 3 is 2.73 bits per heavy atom. The number of aliphatic imine (C=N–C) groups is 1. The Labute approximate surface area is 180 Å². The zero-order valence-corrected chi connectivity index (χ0v) is 18.4. The van der Waals surface area contributed by atoms with Gasteiger partial charge in [-0.15, -0.1) is 0 Å². The van der Waals surface area contributed by atoms with Gasteiger partial charge >= 0.3 is 0 Å². The molecule has 0 unspecified atom stereocenters. The van der Waals surface area contributed by atoms with E-state index >= 15 is 0 Å². The summed E-state index contributed by atoms with van der Waals surface area (Å²) in [5, 5.41) is 6.64. The van der Waals surface area contributed by atoms with Crippen LogP contribution in [0.15, 0.2) is 23.2 Å². The summed E-state index contributed by atoms with van der Waals surface area (Å²) in [6, 6.07) is 6.06. The molecule has 7 nitrogen and oxygen atoms in total. The summed E-state index contributed by atoms with van der Waals surface area (Å²) in [5.41, 5.74) is 1.07. The van der Waals surface area contributed by atoms with Gasteiger partial charge in [0.2, 0.25) is 5.91 Å². The number of ether oxygens (including phenoxy) is 2. The first-order chi connectivity index (χ1) is 14.7. The van der Waals surface area contributed by atoms with Crippen LogP contribution in [0.3, 0.4) is 0 Å². The van der Waals surface area contributed by atoms with Crippen molar-refractivity contribution < 1.29 is 14.3 Å². The standard InChI is InChI=1S/C23H36N4O3/c1-3-24-23(25-13-7-15-27-14-6-10-22(27)28)26-17-18-11-12-20(21(16-18)29-2)30-19-8-4-5-9-19/h11-12,16,19H,3-10,13-15,17H2,1-2H3,(H2,24,25,26). The van der Waals surface area contributed by atoms with Gasteiger partial charge in [-0.3, -0.25) is 4.79 Å². The van der Waals surface area contributed by atoms with E-state index in [1.54, 1.807) is 7.11 Å². The van der Waals surface area contributed by atoms with Crippen molar-refractivity contribution in [3.05, 3.63) is 23.8 Å². The lowest BCUT2D eigenvalue weighted by Crippen LogP contribution is -2.39. The molecule has 0 aromatic heterocycles. The van der Waals surface area contributed by atoms with E-state index in [1.165, 1.54) is 12.8 Å². The molecule has 0 spiro atoms. The maximum atomic E-state index is 11.7. The van der Waals surface area contributed by atoms with E-state index in [1.807, 2.05) is 17.0 Å². The third-order valence-corrected chi connectivity index (χ3v) is 5.66. The molecular weight excluding hydrogens is 380 g/mol. The van der Waals surface area contributed by atoms with Crippen LogP contribution in [0, 0.1) is 0 Å². The lowest BCUT2D eigenvalue weighted by molar-refractivity contribution is -0.127. The first-order valence-electron chi connectivity index (χ1n) is 11.3. The number of benzene rings is 1. The van der Waals surface area contributed by atoms with Gasteiger partial charge in [-0.1, -0.05) is 6.07 Å². The number of guanidine groups is 1. The smallest absolute Gasteiger partial charge is 0.222 e. The van der Waals surface area contributed by atoms with E-state index in [4.69, 9.17) is 14.5 Å². The average molecular weight is 417 g/mol. The van der Waals surface area contributed by atoms with E-state index in [2.05, 4.69) is 23.6 Å². The molecule has 7 heteroatoms. The van der Waals surface area contributed by atoms with Crippen LogP contribution in [0.2, 0.25) is 0 Å². The molecule has 30 heavy (non-hydrogen) atoms. The second-order valence-electron chi connectivity index (χ2n) is 7.97. The van der Waals surface area contributed by atoms with Gasteiger partial charge in [0.15, 0.2) is 17.5 Å². The third-order valence-electron chi connectivity index (χ3n) is 5.66. The minimum Gasteiger partial charge on any atom is -0.493 e. The molecule has 0 bridgehead atoms. The van der Waals surface area contributed by atoms with Gasteiger partial charge in [-0.05, 0) is 63.1 Å². The van der Waals surface area contributed by atoms with Gasteiger partial charge in [-0.25, -0.2) is 4.99 Å². The second kappa shape index (κ2) is 11.7. The van der Waals surface area contributed by atoms with E-state index in [0.717, 1.165) is 74.9 Å². The van der Waals surface area contributed by atoms with Gasteiger partial charge in [0.05, 0.1) is 19.8 Å². The number of carbonyl (C=O) groups is 1. The molecule has 2 aliphatic rings. The third kappa shape index (κ3) is 6.54. The monoisotopic (exact) mass is 416 g/mol. The maximum absolute atomic E-state index is 11.7. The van der Waals surface area contributed by atoms with Crippen molar-refractivity contribution in [2.45, 2.75) is 64.5 Å². The molecule has 1 saturated carbocycles. The zero-order chi connectivity index (χ0) is 21.2. The molecular formula is C23H36N4O3. The highest BCUT2D eigenvalue weighted by Crippen LogP contribution is 2.32. The summed E-state index contributed by atoms with van der Waals surface area (Å²) in [6.07, 6.45) is 7.65. The summed E-state index contributed by atoms with van der Waals surface area (Å²) in [4.78, 5) is 18.3. The molecule has 1 aliphatic carbocycles. The van der Waals surface area contributed by atoms with Crippen LogP contribution >= 0.6 is 0 Å². The quantitative estimate of drug-likeness (QED) is 0.348. The van der Waals surface area contributed by atoms with Gasteiger partial charge in [-0.2, -0.15) is 0 Å². The molecule has 3 rings (SSSR count). The fourth-order valence-electron chi connectivity index (χ4n) is 4.02. The Kier molecular flexibility index (Phi) is 8.66. The average Bonchev–Trinajstić information content (AvgIpc) is 3.41. The summed E-state index contributed by atoms with van der Waals surface area (Å²) < 4.78 is 11.7. The summed E-state index contributed by atoms with van der Waals surface area (Å²) in [6.45, 7) is 5.90. The molecule has 166 valence electrons. The highest BCUT2D eigenvalue weighted by molar-refractivity contribution is 5.80. The van der Waals surface area contributed by atoms with E-state index in [0.29, 0.717) is 19.1 Å². The molecule has 0 radical (unpaired) electrons. The normalized spacial score (nSPS) is 17.5. The lowest BCUT2D eigenvalue weighted by atomic mass is 10.2. The van der Waals surface area contributed by atoms with Crippen molar-refractivity contribution >= 4 is 11.9 Å². The van der Waals surface area contributed by atoms with Crippen molar-refractivity contribution in [2.75, 3.05) is 33.3 Å². The highest BCUT2D eigenvalue weighted by atomic mass is 16.5. The Hall–Kier alpha value is -2.44. The molecule has 0 atom stereocenters. The summed E-state index contributed by atoms with van der Waals surface area (Å²) in [5.74, 6) is 2.65. The molecule has 2 fully saturated rings. The molecule has 1 aromatic rings. The fraction of sp³-hybridized carbons (Fsp3) is 0.652. The number of rotatable bonds is 10. The van der Waals surface area contributed by atoms with Gasteiger partial charge in [0.1, 0.15) is 0 Å². The zero-order valence-electron chi connectivity index (χ0n) is 18.4. The minimum absolute atomic E-state index is 0.282. The first-order valence-corrected chi connectivity index (χ1v) is 11.3. The van der Waals surface area contributed by atoms with Crippen molar-refractivity contribution in [1.82, 2.24) is 15.5 Å².